The van der Waals surface area contributed by atoms with Crippen LogP contribution in [0.1, 0.15) is 18.4 Å². The van der Waals surface area contributed by atoms with Crippen LogP contribution in [-0.2, 0) is 6.54 Å². The van der Waals surface area contributed by atoms with Crippen molar-refractivity contribution in [1.82, 2.24) is 10.3 Å². The number of benzene rings is 1. The number of halogens is 1. The van der Waals surface area contributed by atoms with Crippen molar-refractivity contribution in [3.05, 3.63) is 52.0 Å². The highest BCUT2D eigenvalue weighted by Crippen LogP contribution is 2.30. The van der Waals surface area contributed by atoms with E-state index in [-0.39, 0.29) is 10.8 Å². The maximum atomic E-state index is 12.9. The second-order valence-corrected chi connectivity index (χ2v) is 6.49. The number of nitrogens with zero attached hydrogens (tertiary/aromatic N) is 3. The zero-order chi connectivity index (χ0) is 16.2. The molecule has 1 aliphatic heterocycles. The van der Waals surface area contributed by atoms with Crippen LogP contribution in [0.25, 0.3) is 0 Å². The Bertz CT molecular complexity index is 668. The summed E-state index contributed by atoms with van der Waals surface area (Å²) in [6.45, 7) is 2.37. The lowest BCUT2D eigenvalue weighted by Crippen LogP contribution is -2.42. The van der Waals surface area contributed by atoms with Crippen molar-refractivity contribution in [3.8, 4) is 0 Å². The van der Waals surface area contributed by atoms with E-state index in [2.05, 4.69) is 15.2 Å². The Labute approximate surface area is 137 Å². The fourth-order valence-electron chi connectivity index (χ4n) is 2.63. The molecule has 0 unspecified atom stereocenters. The third kappa shape index (κ3) is 4.02. The van der Waals surface area contributed by atoms with Crippen LogP contribution < -0.4 is 10.2 Å². The highest BCUT2D eigenvalue weighted by molar-refractivity contribution is 7.18. The second kappa shape index (κ2) is 7.01. The van der Waals surface area contributed by atoms with Gasteiger partial charge in [-0.2, -0.15) is 0 Å². The molecule has 3 rings (SSSR count). The molecule has 2 heterocycles. The van der Waals surface area contributed by atoms with Crippen LogP contribution in [0.5, 0.6) is 0 Å². The van der Waals surface area contributed by atoms with Gasteiger partial charge in [0.15, 0.2) is 5.13 Å². The normalized spacial score (nSPS) is 15.8. The molecule has 0 saturated carbocycles. The number of aromatic nitrogens is 1. The predicted octanol–water partition coefficient (Wildman–Crippen LogP) is 2.95. The molecular weight excluding hydrogens is 319 g/mol. The van der Waals surface area contributed by atoms with E-state index in [0.717, 1.165) is 42.8 Å². The van der Waals surface area contributed by atoms with Crippen molar-refractivity contribution in [3.63, 3.8) is 0 Å². The Morgan fingerprint density at radius 3 is 2.65 bits per heavy atom. The number of piperidine rings is 1. The second-order valence-electron chi connectivity index (χ2n) is 5.51. The average Bonchev–Trinajstić information content (AvgIpc) is 3.05. The van der Waals surface area contributed by atoms with Crippen molar-refractivity contribution >= 4 is 21.5 Å². The summed E-state index contributed by atoms with van der Waals surface area (Å²) < 4.78 is 12.9. The van der Waals surface area contributed by atoms with Gasteiger partial charge in [0.25, 0.3) is 0 Å². The molecule has 1 fully saturated rings. The summed E-state index contributed by atoms with van der Waals surface area (Å²) in [5, 5.41) is 15.0. The maximum Gasteiger partial charge on any atom is 0.345 e. The number of nitrogens with one attached hydrogen (secondary N) is 1. The van der Waals surface area contributed by atoms with E-state index < -0.39 is 4.92 Å². The van der Waals surface area contributed by atoms with Crippen LogP contribution in [0.3, 0.4) is 0 Å². The third-order valence-electron chi connectivity index (χ3n) is 3.93. The van der Waals surface area contributed by atoms with Gasteiger partial charge in [-0.15, -0.1) is 0 Å². The van der Waals surface area contributed by atoms with Gasteiger partial charge in [0, 0.05) is 25.7 Å². The first kappa shape index (κ1) is 15.8. The molecule has 2 aromatic rings. The van der Waals surface area contributed by atoms with E-state index in [1.54, 1.807) is 12.1 Å². The summed E-state index contributed by atoms with van der Waals surface area (Å²) >= 11 is 1.12. The molecule has 1 saturated heterocycles. The van der Waals surface area contributed by atoms with Crippen molar-refractivity contribution < 1.29 is 9.31 Å². The quantitative estimate of drug-likeness (QED) is 0.671. The Kier molecular flexibility index (Phi) is 4.82. The molecule has 1 aromatic carbocycles. The number of hydrogen-bond donors (Lipinski definition) is 1. The molecule has 1 aromatic heterocycles. The minimum Gasteiger partial charge on any atom is -0.348 e. The van der Waals surface area contributed by atoms with Gasteiger partial charge in [-0.1, -0.05) is 12.1 Å². The van der Waals surface area contributed by atoms with E-state index >= 15 is 0 Å². The smallest absolute Gasteiger partial charge is 0.345 e. The molecular formula is C15H17FN4O2S. The van der Waals surface area contributed by atoms with Crippen molar-refractivity contribution in [2.45, 2.75) is 25.4 Å². The van der Waals surface area contributed by atoms with Gasteiger partial charge in [0.2, 0.25) is 0 Å². The first-order valence-electron chi connectivity index (χ1n) is 7.45. The zero-order valence-electron chi connectivity index (χ0n) is 12.4. The Morgan fingerprint density at radius 1 is 1.35 bits per heavy atom. The predicted molar refractivity (Wildman–Crippen MR) is 87.2 cm³/mol. The van der Waals surface area contributed by atoms with Crippen LogP contribution >= 0.6 is 11.3 Å². The Hall–Kier alpha value is -2.06. The van der Waals surface area contributed by atoms with E-state index in [0.29, 0.717) is 17.7 Å². The first-order valence-corrected chi connectivity index (χ1v) is 8.26. The van der Waals surface area contributed by atoms with Crippen molar-refractivity contribution in [1.29, 1.82) is 0 Å². The number of rotatable bonds is 5. The molecule has 0 atom stereocenters. The topological polar surface area (TPSA) is 71.3 Å². The number of anilines is 1. The lowest BCUT2D eigenvalue weighted by molar-refractivity contribution is -0.380. The molecule has 0 bridgehead atoms. The van der Waals surface area contributed by atoms with E-state index in [1.807, 2.05) is 0 Å². The van der Waals surface area contributed by atoms with Gasteiger partial charge in [-0.05, 0) is 41.9 Å². The summed E-state index contributed by atoms with van der Waals surface area (Å²) in [7, 11) is 0. The summed E-state index contributed by atoms with van der Waals surface area (Å²) in [5.41, 5.74) is 1.06. The van der Waals surface area contributed by atoms with E-state index in [9.17, 15) is 14.5 Å². The average molecular weight is 336 g/mol. The lowest BCUT2D eigenvalue weighted by atomic mass is 10.1. The fourth-order valence-corrected chi connectivity index (χ4v) is 3.41. The minimum absolute atomic E-state index is 0.0801. The van der Waals surface area contributed by atoms with Crippen LogP contribution in [0.2, 0.25) is 0 Å². The maximum absolute atomic E-state index is 12.9. The van der Waals surface area contributed by atoms with Gasteiger partial charge in [-0.3, -0.25) is 10.1 Å². The van der Waals surface area contributed by atoms with Crippen molar-refractivity contribution in [2.75, 3.05) is 18.0 Å². The minimum atomic E-state index is -0.405. The Morgan fingerprint density at radius 2 is 2.04 bits per heavy atom. The number of thiazole rings is 1. The molecule has 122 valence electrons. The van der Waals surface area contributed by atoms with Crippen molar-refractivity contribution in [2.24, 2.45) is 0 Å². The molecule has 1 aliphatic rings. The number of nitro groups is 1. The number of hydrogen-bond acceptors (Lipinski definition) is 6. The van der Waals surface area contributed by atoms with Crippen LogP contribution in [-0.4, -0.2) is 29.0 Å². The van der Waals surface area contributed by atoms with E-state index in [4.69, 9.17) is 0 Å². The van der Waals surface area contributed by atoms with Gasteiger partial charge in [0.05, 0.1) is 4.92 Å². The van der Waals surface area contributed by atoms with Crippen LogP contribution in [0, 0.1) is 15.9 Å². The molecule has 8 heteroatoms. The zero-order valence-corrected chi connectivity index (χ0v) is 13.3. The molecule has 0 spiro atoms. The van der Waals surface area contributed by atoms with Crippen LogP contribution in [0.4, 0.5) is 14.5 Å². The SMILES string of the molecule is O=[N+]([O-])c1cnc(N2CCC(NCc3ccc(F)cc3)CC2)s1. The first-order chi connectivity index (χ1) is 11.1. The van der Waals surface area contributed by atoms with Gasteiger partial charge in [0.1, 0.15) is 12.0 Å². The summed E-state index contributed by atoms with van der Waals surface area (Å²) in [4.78, 5) is 16.5. The lowest BCUT2D eigenvalue weighted by Gasteiger charge is -2.32. The van der Waals surface area contributed by atoms with E-state index in [1.165, 1.54) is 18.3 Å². The van der Waals surface area contributed by atoms with Gasteiger partial charge in [-0.25, -0.2) is 9.37 Å². The highest BCUT2D eigenvalue weighted by atomic mass is 32.1. The highest BCUT2D eigenvalue weighted by Gasteiger charge is 2.22. The molecule has 23 heavy (non-hydrogen) atoms. The molecule has 0 amide bonds. The van der Waals surface area contributed by atoms with Gasteiger partial charge >= 0.3 is 5.00 Å². The summed E-state index contributed by atoms with van der Waals surface area (Å²) in [5.74, 6) is -0.223. The standard InChI is InChI=1S/C15H17FN4O2S/c16-12-3-1-11(2-4-12)9-17-13-5-7-19(8-6-13)15-18-10-14(23-15)20(21)22/h1-4,10,13,17H,5-9H2. The van der Waals surface area contributed by atoms with Crippen LogP contribution in [0.15, 0.2) is 30.5 Å². The summed E-state index contributed by atoms with van der Waals surface area (Å²) in [6, 6.07) is 6.90. The fraction of sp³-hybridized carbons (Fsp3) is 0.400. The molecule has 0 radical (unpaired) electrons. The third-order valence-corrected chi connectivity index (χ3v) is 4.94. The largest absolute Gasteiger partial charge is 0.348 e. The molecule has 6 nitrogen and oxygen atoms in total. The monoisotopic (exact) mass is 336 g/mol. The van der Waals surface area contributed by atoms with Gasteiger partial charge < -0.3 is 10.2 Å². The Balaban J connectivity index is 1.48. The molecule has 0 aliphatic carbocycles. The molecule has 1 N–H and O–H groups in total. The summed E-state index contributed by atoms with van der Waals surface area (Å²) in [6.07, 6.45) is 3.22.